The molecule has 0 spiro atoms. The van der Waals surface area contributed by atoms with Gasteiger partial charge in [-0.1, -0.05) is 6.07 Å². The minimum Gasteiger partial charge on any atom is -0.491 e. The normalized spacial score (nSPS) is 16.4. The molecule has 7 heteroatoms. The Kier molecular flexibility index (Phi) is 4.93. The van der Waals surface area contributed by atoms with Crippen molar-refractivity contribution in [3.05, 3.63) is 60.6 Å². The van der Waals surface area contributed by atoms with Crippen LogP contribution >= 0.6 is 0 Å². The van der Waals surface area contributed by atoms with E-state index in [1.807, 2.05) is 60.4 Å². The molecule has 1 aliphatic heterocycles. The molecule has 1 atom stereocenters. The Morgan fingerprint density at radius 3 is 2.96 bits per heavy atom. The molecule has 1 fully saturated rings. The van der Waals surface area contributed by atoms with Gasteiger partial charge in [-0.25, -0.2) is 0 Å². The van der Waals surface area contributed by atoms with E-state index in [2.05, 4.69) is 10.4 Å². The molecule has 1 aliphatic rings. The first-order valence-electron chi connectivity index (χ1n) is 9.02. The van der Waals surface area contributed by atoms with E-state index in [1.165, 1.54) is 0 Å². The number of aryl methyl sites for hydroxylation is 1. The maximum atomic E-state index is 12.8. The molecule has 27 heavy (non-hydrogen) atoms. The fraction of sp³-hybridized carbons (Fsp3) is 0.300. The van der Waals surface area contributed by atoms with Crippen LogP contribution in [0.25, 0.3) is 5.82 Å². The smallest absolute Gasteiger partial charge is 0.261 e. The number of hydrogen-bond donors (Lipinski definition) is 1. The first-order valence-corrected chi connectivity index (χ1v) is 9.02. The topological polar surface area (TPSA) is 70.3 Å². The maximum Gasteiger partial charge on any atom is 0.261 e. The molecule has 0 aliphatic carbocycles. The largest absolute Gasteiger partial charge is 0.491 e. The molecule has 2 aromatic heterocycles. The molecule has 4 rings (SSSR count). The molecule has 1 saturated heterocycles. The lowest BCUT2D eigenvalue weighted by Crippen LogP contribution is -2.17. The van der Waals surface area contributed by atoms with Crippen LogP contribution in [0.1, 0.15) is 23.2 Å². The van der Waals surface area contributed by atoms with Crippen LogP contribution in [0.5, 0.6) is 5.75 Å². The summed E-state index contributed by atoms with van der Waals surface area (Å²) in [5.41, 5.74) is 1.17. The number of amides is 1. The van der Waals surface area contributed by atoms with Crippen molar-refractivity contribution in [1.82, 2.24) is 14.3 Å². The summed E-state index contributed by atoms with van der Waals surface area (Å²) in [6, 6.07) is 11.2. The van der Waals surface area contributed by atoms with Crippen molar-refractivity contribution in [2.24, 2.45) is 7.05 Å². The van der Waals surface area contributed by atoms with Gasteiger partial charge >= 0.3 is 0 Å². The van der Waals surface area contributed by atoms with Crippen LogP contribution in [0.15, 0.2) is 55.0 Å². The quantitative estimate of drug-likeness (QED) is 0.728. The molecule has 1 amide bonds. The number of anilines is 1. The number of carbonyl (C=O) groups is 1. The molecule has 0 radical (unpaired) electrons. The predicted octanol–water partition coefficient (Wildman–Crippen LogP) is 3.02. The summed E-state index contributed by atoms with van der Waals surface area (Å²) >= 11 is 0. The number of hydrogen-bond acceptors (Lipinski definition) is 4. The number of nitrogens with zero attached hydrogens (tertiary/aromatic N) is 3. The Balaban J connectivity index is 1.46. The Bertz CT molecular complexity index is 911. The first-order chi connectivity index (χ1) is 13.2. The van der Waals surface area contributed by atoms with Crippen molar-refractivity contribution >= 4 is 11.6 Å². The standard InChI is InChI=1S/C20H22N4O3/c1-23-20(24-9-2-3-10-24)18(13-21-23)19(25)22-15-6-4-7-16(12-15)27-14-17-8-5-11-26-17/h2-4,6-7,9-10,12-13,17H,5,8,11,14H2,1H3,(H,22,25). The Morgan fingerprint density at radius 2 is 2.19 bits per heavy atom. The van der Waals surface area contributed by atoms with Crippen molar-refractivity contribution in [3.63, 3.8) is 0 Å². The average molecular weight is 366 g/mol. The van der Waals surface area contributed by atoms with Gasteiger partial charge in [0.15, 0.2) is 0 Å². The lowest BCUT2D eigenvalue weighted by molar-refractivity contribution is 0.0680. The summed E-state index contributed by atoms with van der Waals surface area (Å²) in [7, 11) is 1.81. The molecule has 1 N–H and O–H groups in total. The highest BCUT2D eigenvalue weighted by Gasteiger charge is 2.18. The monoisotopic (exact) mass is 366 g/mol. The number of aromatic nitrogens is 3. The predicted molar refractivity (Wildman–Crippen MR) is 101 cm³/mol. The van der Waals surface area contributed by atoms with Crippen LogP contribution in [0, 0.1) is 0 Å². The third-order valence-electron chi connectivity index (χ3n) is 4.55. The van der Waals surface area contributed by atoms with E-state index in [1.54, 1.807) is 10.9 Å². The summed E-state index contributed by atoms with van der Waals surface area (Å²) in [5, 5.41) is 7.15. The van der Waals surface area contributed by atoms with Gasteiger partial charge in [0, 0.05) is 37.8 Å². The second-order valence-electron chi connectivity index (χ2n) is 6.52. The summed E-state index contributed by atoms with van der Waals surface area (Å²) in [4.78, 5) is 12.8. The molecule has 0 saturated carbocycles. The van der Waals surface area contributed by atoms with Gasteiger partial charge in [-0.2, -0.15) is 5.10 Å². The lowest BCUT2D eigenvalue weighted by atomic mass is 10.2. The maximum absolute atomic E-state index is 12.8. The molecule has 3 aromatic rings. The van der Waals surface area contributed by atoms with Gasteiger partial charge in [-0.05, 0) is 37.1 Å². The van der Waals surface area contributed by atoms with Crippen LogP contribution in [-0.2, 0) is 11.8 Å². The van der Waals surface area contributed by atoms with Crippen LogP contribution in [-0.4, -0.2) is 39.6 Å². The molecule has 1 unspecified atom stereocenters. The van der Waals surface area contributed by atoms with E-state index in [0.717, 1.165) is 19.4 Å². The van der Waals surface area contributed by atoms with Crippen molar-refractivity contribution in [1.29, 1.82) is 0 Å². The zero-order chi connectivity index (χ0) is 18.6. The van der Waals surface area contributed by atoms with Gasteiger partial charge in [0.1, 0.15) is 23.7 Å². The highest BCUT2D eigenvalue weighted by molar-refractivity contribution is 6.06. The van der Waals surface area contributed by atoms with Crippen LogP contribution in [0.2, 0.25) is 0 Å². The zero-order valence-electron chi connectivity index (χ0n) is 15.2. The van der Waals surface area contributed by atoms with Gasteiger partial charge in [-0.3, -0.25) is 9.48 Å². The SMILES string of the molecule is Cn1ncc(C(=O)Nc2cccc(OCC3CCCO3)c2)c1-n1cccc1. The van der Waals surface area contributed by atoms with Crippen LogP contribution < -0.4 is 10.1 Å². The molecule has 140 valence electrons. The van der Waals surface area contributed by atoms with Gasteiger partial charge in [0.2, 0.25) is 0 Å². The van der Waals surface area contributed by atoms with Gasteiger partial charge in [0.25, 0.3) is 5.91 Å². The average Bonchev–Trinajstić information content (AvgIpc) is 3.42. The fourth-order valence-electron chi connectivity index (χ4n) is 3.20. The summed E-state index contributed by atoms with van der Waals surface area (Å²) < 4.78 is 14.9. The van der Waals surface area contributed by atoms with Gasteiger partial charge < -0.3 is 19.4 Å². The number of carbonyl (C=O) groups excluding carboxylic acids is 1. The van der Waals surface area contributed by atoms with Crippen LogP contribution in [0.3, 0.4) is 0 Å². The van der Waals surface area contributed by atoms with Gasteiger partial charge in [0.05, 0.1) is 12.3 Å². The molecule has 3 heterocycles. The molecule has 1 aromatic carbocycles. The Morgan fingerprint density at radius 1 is 1.33 bits per heavy atom. The van der Waals surface area contributed by atoms with E-state index in [9.17, 15) is 4.79 Å². The van der Waals surface area contributed by atoms with Crippen molar-refractivity contribution in [2.45, 2.75) is 18.9 Å². The third-order valence-corrected chi connectivity index (χ3v) is 4.55. The molecular weight excluding hydrogens is 344 g/mol. The molecular formula is C20H22N4O3. The van der Waals surface area contributed by atoms with Crippen LogP contribution in [0.4, 0.5) is 5.69 Å². The third kappa shape index (κ3) is 3.88. The lowest BCUT2D eigenvalue weighted by Gasteiger charge is -2.13. The van der Waals surface area contributed by atoms with E-state index in [-0.39, 0.29) is 12.0 Å². The van der Waals surface area contributed by atoms with E-state index >= 15 is 0 Å². The Labute approximate surface area is 157 Å². The summed E-state index contributed by atoms with van der Waals surface area (Å²) in [6.07, 6.45) is 7.60. The van der Waals surface area contributed by atoms with Crippen molar-refractivity contribution in [3.8, 4) is 11.6 Å². The van der Waals surface area contributed by atoms with Crippen molar-refractivity contribution in [2.75, 3.05) is 18.5 Å². The number of rotatable bonds is 6. The Hall–Kier alpha value is -3.06. The zero-order valence-corrected chi connectivity index (χ0v) is 15.2. The minimum atomic E-state index is -0.219. The fourth-order valence-corrected chi connectivity index (χ4v) is 3.20. The van der Waals surface area contributed by atoms with E-state index in [4.69, 9.17) is 9.47 Å². The van der Waals surface area contributed by atoms with E-state index < -0.39 is 0 Å². The highest BCUT2D eigenvalue weighted by atomic mass is 16.5. The molecule has 7 nitrogen and oxygen atoms in total. The first kappa shape index (κ1) is 17.4. The number of nitrogens with one attached hydrogen (secondary N) is 1. The second-order valence-corrected chi connectivity index (χ2v) is 6.52. The summed E-state index contributed by atoms with van der Waals surface area (Å²) in [6.45, 7) is 1.33. The summed E-state index contributed by atoms with van der Waals surface area (Å²) in [5.74, 6) is 1.20. The number of benzene rings is 1. The van der Waals surface area contributed by atoms with E-state index in [0.29, 0.717) is 29.4 Å². The highest BCUT2D eigenvalue weighted by Crippen LogP contribution is 2.21. The minimum absolute atomic E-state index is 0.155. The van der Waals surface area contributed by atoms with Gasteiger partial charge in [-0.15, -0.1) is 0 Å². The van der Waals surface area contributed by atoms with Crippen molar-refractivity contribution < 1.29 is 14.3 Å². The second kappa shape index (κ2) is 7.67. The number of ether oxygens (including phenoxy) is 2. The molecule has 0 bridgehead atoms.